The van der Waals surface area contributed by atoms with E-state index < -0.39 is 60.7 Å². The molecule has 1 saturated heterocycles. The van der Waals surface area contributed by atoms with Gasteiger partial charge in [-0.2, -0.15) is 0 Å². The Kier molecular flexibility index (Phi) is 34.2. The number of amides is 3. The molecule has 1 heterocycles. The molecule has 0 aromatic heterocycles. The van der Waals surface area contributed by atoms with Crippen LogP contribution in [0.15, 0.2) is 0 Å². The summed E-state index contributed by atoms with van der Waals surface area (Å²) >= 11 is 0. The first kappa shape index (κ1) is 50.7. The van der Waals surface area contributed by atoms with Crippen LogP contribution in [0.1, 0.15) is 41.0 Å². The first-order valence-corrected chi connectivity index (χ1v) is 10.4. The fraction of sp³-hybridized carbons (Fsp3) is 0.600. The van der Waals surface area contributed by atoms with Gasteiger partial charge in [0.25, 0.3) is 0 Å². The molecule has 0 saturated carbocycles. The van der Waals surface area contributed by atoms with Crippen molar-refractivity contribution < 1.29 is 130 Å². The van der Waals surface area contributed by atoms with E-state index in [1.807, 2.05) is 0 Å². The van der Waals surface area contributed by atoms with E-state index in [-0.39, 0.29) is 96.1 Å². The third-order valence-corrected chi connectivity index (χ3v) is 4.19. The maximum Gasteiger partial charge on any atom is 1.00 e. The van der Waals surface area contributed by atoms with Crippen LogP contribution in [0.5, 0.6) is 0 Å². The summed E-state index contributed by atoms with van der Waals surface area (Å²) in [4.78, 5) is 82.4. The maximum atomic E-state index is 10.8. The average molecular weight is 604 g/mol. The predicted molar refractivity (Wildman–Crippen MR) is 123 cm³/mol. The zero-order valence-corrected chi connectivity index (χ0v) is 27.2. The molecule has 20 heteroatoms. The number of imide groups is 1. The van der Waals surface area contributed by atoms with Crippen molar-refractivity contribution in [1.82, 2.24) is 10.2 Å². The molecule has 0 aromatic rings. The molecule has 1 rings (SSSR count). The summed E-state index contributed by atoms with van der Waals surface area (Å²) in [7, 11) is 2.98. The predicted octanol–water partition coefficient (Wildman–Crippen LogP) is -11.6. The summed E-state index contributed by atoms with van der Waals surface area (Å²) < 4.78 is 0. The molecule has 4 unspecified atom stereocenters. The van der Waals surface area contributed by atoms with Gasteiger partial charge in [-0.15, -0.1) is 0 Å². The van der Waals surface area contributed by atoms with E-state index in [4.69, 9.17) is 26.8 Å². The van der Waals surface area contributed by atoms with E-state index in [0.29, 0.717) is 6.42 Å². The third-order valence-electron chi connectivity index (χ3n) is 4.19. The standard InChI is InChI=1S/C6H11NO3.C6H9NO2.2C4H7NO4.2Na.H2O.H2/c1-4(6(9)10)3-5(8)7-2;1-4-3-5(8)7(2)6(4)9;2*5-2(4(8)9)1-3(6)7;;;;/h4H,3H2,1-2H3,(H,7,8)(H,9,10);4H,3H2,1-2H3;2*2H,1,5H2,(H,6,7)(H,8,9);;;1H2;1H/q;;;;2*+1;;/p-2/i;;;;;;;1+1. The Labute approximate surface area is 275 Å². The number of carboxylic acids is 5. The van der Waals surface area contributed by atoms with Crippen molar-refractivity contribution in [2.24, 2.45) is 23.3 Å². The van der Waals surface area contributed by atoms with Crippen molar-refractivity contribution in [3.05, 3.63) is 0 Å². The molecule has 0 bridgehead atoms. The Hall–Kier alpha value is -2.16. The molecule has 4 atom stereocenters. The molecule has 10 N–H and O–H groups in total. The topological polar surface area (TPSA) is 342 Å². The summed E-state index contributed by atoms with van der Waals surface area (Å²) in [6.07, 6.45) is -0.758. The molecule has 1 aliphatic heterocycles. The summed E-state index contributed by atoms with van der Waals surface area (Å²) in [5.41, 5.74) is 9.61. The van der Waals surface area contributed by atoms with Crippen LogP contribution >= 0.6 is 0 Å². The van der Waals surface area contributed by atoms with Gasteiger partial charge in [-0.25, -0.2) is 0 Å². The van der Waals surface area contributed by atoms with Gasteiger partial charge in [-0.3, -0.25) is 33.7 Å². The third kappa shape index (κ3) is 27.4. The van der Waals surface area contributed by atoms with Crippen LogP contribution in [0.25, 0.3) is 0 Å². The number of nitrogens with two attached hydrogens (primary N) is 2. The van der Waals surface area contributed by atoms with Crippen molar-refractivity contribution in [3.63, 3.8) is 0 Å². The van der Waals surface area contributed by atoms with Crippen LogP contribution in [-0.4, -0.2) is 99.4 Å². The van der Waals surface area contributed by atoms with Crippen LogP contribution in [0.2, 0.25) is 0 Å². The Bertz CT molecular complexity index is 831. The Morgan fingerprint density at radius 1 is 0.950 bits per heavy atom. The van der Waals surface area contributed by atoms with E-state index >= 15 is 0 Å². The molecule has 1 aliphatic rings. The largest absolute Gasteiger partial charge is 1.00 e. The molecule has 1 fully saturated rings. The minimum absolute atomic E-state index is 0. The first-order chi connectivity index (χ1) is 16.8. The number of carbonyl (C=O) groups excluding carboxylic acids is 5. The van der Waals surface area contributed by atoms with Gasteiger partial charge < -0.3 is 57.4 Å². The second-order valence-corrected chi connectivity index (χ2v) is 7.56. The first-order valence-electron chi connectivity index (χ1n) is 10.4. The number of hydrogen-bond donors (Lipinski definition) is 6. The number of likely N-dealkylation sites (tertiary alicyclic amines) is 1. The Morgan fingerprint density at radius 3 is 1.50 bits per heavy atom. The molecule has 0 radical (unpaired) electrons. The van der Waals surface area contributed by atoms with Gasteiger partial charge in [0.15, 0.2) is 0 Å². The fourth-order valence-corrected chi connectivity index (χ4v) is 1.95. The fourth-order valence-electron chi connectivity index (χ4n) is 1.95. The number of rotatable bonds is 9. The Balaban J connectivity index is -0.0000000729. The SMILES string of the molecule is CC1CC(=O)N(C)C1=O.CNC(=O)CC(C)C(=O)[O-].NC(CC(=O)O)C(=O)O.NC(CC(=O)O)C(=O)[O-].O.[2HH].[Na+].[Na+]. The maximum absolute atomic E-state index is 10.8. The molecule has 0 aromatic carbocycles. The van der Waals surface area contributed by atoms with Crippen LogP contribution in [0.3, 0.4) is 0 Å². The molecule has 3 amide bonds. The molecule has 222 valence electrons. The second kappa shape index (κ2) is 27.0. The average Bonchev–Trinajstić information content (AvgIpc) is 2.99. The van der Waals surface area contributed by atoms with E-state index in [9.17, 15) is 48.6 Å². The van der Waals surface area contributed by atoms with Crippen LogP contribution in [0.4, 0.5) is 0 Å². The number of carbonyl (C=O) groups is 8. The molecule has 18 nitrogen and oxygen atoms in total. The van der Waals surface area contributed by atoms with E-state index in [1.54, 1.807) is 6.92 Å². The van der Waals surface area contributed by atoms with Crippen molar-refractivity contribution in [2.45, 2.75) is 51.6 Å². The summed E-state index contributed by atoms with van der Waals surface area (Å²) in [5.74, 6) is -7.68. The number of aliphatic carboxylic acids is 5. The number of carboxylic acid groups (broad SMARTS) is 5. The number of hydrogen-bond acceptors (Lipinski definition) is 12. The zero-order valence-electron chi connectivity index (χ0n) is 23.2. The van der Waals surface area contributed by atoms with Crippen molar-refractivity contribution in [1.29, 1.82) is 0 Å². The molecule has 40 heavy (non-hydrogen) atoms. The summed E-state index contributed by atoms with van der Waals surface area (Å²) in [6.45, 7) is 3.20. The van der Waals surface area contributed by atoms with Crippen molar-refractivity contribution in [3.8, 4) is 0 Å². The van der Waals surface area contributed by atoms with Crippen LogP contribution in [-0.2, 0) is 38.4 Å². The zero-order chi connectivity index (χ0) is 30.0. The van der Waals surface area contributed by atoms with Gasteiger partial charge in [0.1, 0.15) is 6.04 Å². The van der Waals surface area contributed by atoms with Crippen LogP contribution in [0, 0.1) is 11.8 Å². The van der Waals surface area contributed by atoms with Gasteiger partial charge in [-0.1, -0.05) is 13.8 Å². The number of nitrogens with zero attached hydrogens (tertiary/aromatic N) is 1. The monoisotopic (exact) mass is 603 g/mol. The van der Waals surface area contributed by atoms with Gasteiger partial charge >= 0.3 is 77.0 Å². The minimum Gasteiger partial charge on any atom is -0.550 e. The summed E-state index contributed by atoms with van der Waals surface area (Å²) in [5, 5.41) is 46.1. The van der Waals surface area contributed by atoms with Gasteiger partial charge in [0.2, 0.25) is 17.7 Å². The number of nitrogens with one attached hydrogen (secondary N) is 1. The van der Waals surface area contributed by atoms with E-state index in [2.05, 4.69) is 5.32 Å². The Morgan fingerprint density at radius 2 is 1.35 bits per heavy atom. The van der Waals surface area contributed by atoms with Gasteiger partial charge in [0.05, 0.1) is 24.9 Å². The molecular formula is C20H36N4Na2O14. The summed E-state index contributed by atoms with van der Waals surface area (Å²) in [6, 6.07) is -2.69. The van der Waals surface area contributed by atoms with Gasteiger partial charge in [-0.05, 0) is 0 Å². The molecular weight excluding hydrogens is 566 g/mol. The minimum atomic E-state index is -1.54. The quantitative estimate of drug-likeness (QED) is 0.105. The van der Waals surface area contributed by atoms with E-state index in [1.165, 1.54) is 25.9 Å². The van der Waals surface area contributed by atoms with Crippen LogP contribution < -0.4 is 86.1 Å². The second-order valence-electron chi connectivity index (χ2n) is 7.56. The van der Waals surface area contributed by atoms with Crippen molar-refractivity contribution >= 4 is 47.6 Å². The smallest absolute Gasteiger partial charge is 0.550 e. The van der Waals surface area contributed by atoms with E-state index in [0.717, 1.165) is 0 Å². The molecule has 0 spiro atoms. The van der Waals surface area contributed by atoms with Gasteiger partial charge in [0, 0.05) is 46.2 Å². The molecule has 0 aliphatic carbocycles. The van der Waals surface area contributed by atoms with Crippen molar-refractivity contribution in [2.75, 3.05) is 14.1 Å². The normalized spacial score (nSPS) is 14.9.